The number of amides is 1. The van der Waals surface area contributed by atoms with Crippen LogP contribution in [0.1, 0.15) is 45.1 Å². The van der Waals surface area contributed by atoms with Gasteiger partial charge in [-0.2, -0.15) is 4.31 Å². The van der Waals surface area contributed by atoms with Crippen molar-refractivity contribution in [1.82, 2.24) is 0 Å². The predicted octanol–water partition coefficient (Wildman–Crippen LogP) is 6.49. The summed E-state index contributed by atoms with van der Waals surface area (Å²) >= 11 is 0. The lowest BCUT2D eigenvalue weighted by Gasteiger charge is -2.21. The lowest BCUT2D eigenvalue weighted by molar-refractivity contribution is -0.113. The van der Waals surface area contributed by atoms with Crippen molar-refractivity contribution in [2.45, 2.75) is 44.4 Å². The summed E-state index contributed by atoms with van der Waals surface area (Å²) in [6.07, 6.45) is 7.19. The number of nitrogens with zero attached hydrogens (tertiary/aromatic N) is 1. The molecule has 0 bridgehead atoms. The van der Waals surface area contributed by atoms with Crippen molar-refractivity contribution < 1.29 is 27.4 Å². The highest BCUT2D eigenvalue weighted by atomic mass is 32.2. The zero-order chi connectivity index (χ0) is 27.4. The monoisotopic (exact) mass is 537 g/mol. The number of benzene rings is 3. The number of anilines is 1. The lowest BCUT2D eigenvalue weighted by atomic mass is 10.2. The summed E-state index contributed by atoms with van der Waals surface area (Å²) in [5.41, 5.74) is 0.869. The van der Waals surface area contributed by atoms with Gasteiger partial charge in [-0.05, 0) is 73.5 Å². The number of carbonyl (C=O) groups is 1. The molecule has 3 rings (SSSR count). The summed E-state index contributed by atoms with van der Waals surface area (Å²) in [6.45, 7) is 5.09. The average Bonchev–Trinajstić information content (AvgIpc) is 2.93. The van der Waals surface area contributed by atoms with E-state index in [4.69, 9.17) is 14.2 Å². The van der Waals surface area contributed by atoms with Gasteiger partial charge in [-0.3, -0.25) is 4.79 Å². The Hall–Kier alpha value is -3.78. The third kappa shape index (κ3) is 7.61. The Labute approximate surface area is 225 Å². The zero-order valence-corrected chi connectivity index (χ0v) is 22.9. The topological polar surface area (TPSA) is 82.1 Å². The SMILES string of the molecule is CCCCCCOc1ccc(/C=C/C(=O)N(c2ccc(OCC)cc2)S(=O)(=O)c2ccccc2)cc1OC. The Bertz CT molecular complexity index is 1300. The van der Waals surface area contributed by atoms with Gasteiger partial charge < -0.3 is 14.2 Å². The molecule has 3 aromatic carbocycles. The zero-order valence-electron chi connectivity index (χ0n) is 22.1. The molecule has 0 atom stereocenters. The number of rotatable bonds is 14. The molecule has 0 aliphatic heterocycles. The lowest BCUT2D eigenvalue weighted by Crippen LogP contribution is -2.35. The largest absolute Gasteiger partial charge is 0.494 e. The molecular formula is C30H35NO6S. The van der Waals surface area contributed by atoms with Crippen LogP contribution >= 0.6 is 0 Å². The first-order valence-electron chi connectivity index (χ1n) is 12.8. The van der Waals surface area contributed by atoms with Crippen molar-refractivity contribution >= 4 is 27.7 Å². The van der Waals surface area contributed by atoms with Gasteiger partial charge in [0.15, 0.2) is 11.5 Å². The average molecular weight is 538 g/mol. The van der Waals surface area contributed by atoms with Crippen LogP contribution in [0, 0.1) is 0 Å². The minimum atomic E-state index is -4.17. The van der Waals surface area contributed by atoms with Crippen LogP contribution in [0.25, 0.3) is 6.08 Å². The fraction of sp³-hybridized carbons (Fsp3) is 0.300. The molecule has 0 aromatic heterocycles. The van der Waals surface area contributed by atoms with Crippen LogP contribution in [0.3, 0.4) is 0 Å². The standard InChI is InChI=1S/C30H35NO6S/c1-4-6-7-11-22-37-28-20-14-24(23-29(28)35-3)15-21-30(32)31(25-16-18-26(19-17-25)36-5-2)38(33,34)27-12-9-8-10-13-27/h8-10,12-21,23H,4-7,11,22H2,1-3H3/b21-15+. The van der Waals surface area contributed by atoms with Crippen LogP contribution in [0.15, 0.2) is 83.8 Å². The summed E-state index contributed by atoms with van der Waals surface area (Å²) in [5, 5.41) is 0. The van der Waals surface area contributed by atoms with Crippen LogP contribution in [0.2, 0.25) is 0 Å². The van der Waals surface area contributed by atoms with Gasteiger partial charge >= 0.3 is 0 Å². The van der Waals surface area contributed by atoms with Crippen LogP contribution in [-0.2, 0) is 14.8 Å². The summed E-state index contributed by atoms with van der Waals surface area (Å²) < 4.78 is 44.6. The van der Waals surface area contributed by atoms with Crippen LogP contribution in [0.4, 0.5) is 5.69 Å². The third-order valence-electron chi connectivity index (χ3n) is 5.73. The Morgan fingerprint density at radius 2 is 1.61 bits per heavy atom. The molecule has 0 N–H and O–H groups in total. The molecule has 1 amide bonds. The van der Waals surface area contributed by atoms with Crippen LogP contribution in [-0.4, -0.2) is 34.6 Å². The molecule has 0 fully saturated rings. The van der Waals surface area contributed by atoms with E-state index in [1.54, 1.807) is 73.8 Å². The van der Waals surface area contributed by atoms with Crippen molar-refractivity contribution in [3.05, 3.63) is 84.4 Å². The maximum atomic E-state index is 13.5. The van der Waals surface area contributed by atoms with Gasteiger partial charge in [0, 0.05) is 6.08 Å². The molecule has 3 aromatic rings. The number of sulfonamides is 1. The second-order valence-corrected chi connectivity index (χ2v) is 10.3. The van der Waals surface area contributed by atoms with E-state index in [0.717, 1.165) is 23.6 Å². The molecule has 202 valence electrons. The highest BCUT2D eigenvalue weighted by Gasteiger charge is 2.29. The van der Waals surface area contributed by atoms with Crippen molar-refractivity contribution in [1.29, 1.82) is 0 Å². The van der Waals surface area contributed by atoms with E-state index >= 15 is 0 Å². The van der Waals surface area contributed by atoms with Crippen molar-refractivity contribution in [2.75, 3.05) is 24.6 Å². The maximum absolute atomic E-state index is 13.5. The fourth-order valence-electron chi connectivity index (χ4n) is 3.78. The Morgan fingerprint density at radius 1 is 0.868 bits per heavy atom. The molecule has 0 aliphatic carbocycles. The highest BCUT2D eigenvalue weighted by molar-refractivity contribution is 7.93. The van der Waals surface area contributed by atoms with E-state index in [9.17, 15) is 13.2 Å². The second-order valence-electron chi connectivity index (χ2n) is 8.50. The van der Waals surface area contributed by atoms with E-state index in [0.29, 0.717) is 36.0 Å². The second kappa shape index (κ2) is 14.2. The van der Waals surface area contributed by atoms with Crippen LogP contribution in [0.5, 0.6) is 17.2 Å². The third-order valence-corrected chi connectivity index (χ3v) is 7.46. The van der Waals surface area contributed by atoms with Gasteiger partial charge in [0.2, 0.25) is 0 Å². The Morgan fingerprint density at radius 3 is 2.26 bits per heavy atom. The van der Waals surface area contributed by atoms with Gasteiger partial charge in [-0.15, -0.1) is 0 Å². The smallest absolute Gasteiger partial charge is 0.271 e. The minimum Gasteiger partial charge on any atom is -0.494 e. The summed E-state index contributed by atoms with van der Waals surface area (Å²) in [7, 11) is -2.62. The molecule has 0 spiro atoms. The van der Waals surface area contributed by atoms with E-state index in [1.807, 2.05) is 6.92 Å². The molecule has 0 saturated heterocycles. The number of unbranched alkanes of at least 4 members (excludes halogenated alkanes) is 3. The Kier molecular flexibility index (Phi) is 10.8. The molecule has 0 aliphatic rings. The van der Waals surface area contributed by atoms with Crippen molar-refractivity contribution in [3.8, 4) is 17.2 Å². The minimum absolute atomic E-state index is 0.0118. The van der Waals surface area contributed by atoms with Crippen molar-refractivity contribution in [3.63, 3.8) is 0 Å². The fourth-order valence-corrected chi connectivity index (χ4v) is 5.19. The molecule has 0 heterocycles. The number of methoxy groups -OCH3 is 1. The summed E-state index contributed by atoms with van der Waals surface area (Å²) in [4.78, 5) is 13.4. The number of carbonyl (C=O) groups excluding carboxylic acids is 1. The first-order chi connectivity index (χ1) is 18.4. The number of hydrogen-bond donors (Lipinski definition) is 0. The molecule has 0 saturated carbocycles. The molecule has 0 unspecified atom stereocenters. The van der Waals surface area contributed by atoms with Gasteiger partial charge in [0.25, 0.3) is 15.9 Å². The molecule has 8 heteroatoms. The summed E-state index contributed by atoms with van der Waals surface area (Å²) in [6, 6.07) is 19.6. The highest BCUT2D eigenvalue weighted by Crippen LogP contribution is 2.30. The first-order valence-corrected chi connectivity index (χ1v) is 14.2. The number of ether oxygens (including phenoxy) is 3. The van der Waals surface area contributed by atoms with Gasteiger partial charge in [-0.25, -0.2) is 8.42 Å². The summed E-state index contributed by atoms with van der Waals surface area (Å²) in [5.74, 6) is 1.02. The van der Waals surface area contributed by atoms with Gasteiger partial charge in [0.05, 0.1) is 30.9 Å². The number of hydrogen-bond acceptors (Lipinski definition) is 6. The quantitative estimate of drug-likeness (QED) is 0.173. The van der Waals surface area contributed by atoms with Gasteiger partial charge in [-0.1, -0.05) is 50.5 Å². The van der Waals surface area contributed by atoms with Gasteiger partial charge in [0.1, 0.15) is 5.75 Å². The normalized spacial score (nSPS) is 11.3. The van der Waals surface area contributed by atoms with E-state index in [1.165, 1.54) is 24.6 Å². The van der Waals surface area contributed by atoms with E-state index in [2.05, 4.69) is 6.92 Å². The first kappa shape index (κ1) is 28.8. The molecule has 38 heavy (non-hydrogen) atoms. The maximum Gasteiger partial charge on any atom is 0.271 e. The predicted molar refractivity (Wildman–Crippen MR) is 150 cm³/mol. The molecular weight excluding hydrogens is 502 g/mol. The molecule has 0 radical (unpaired) electrons. The van der Waals surface area contributed by atoms with E-state index in [-0.39, 0.29) is 10.6 Å². The van der Waals surface area contributed by atoms with Crippen LogP contribution < -0.4 is 18.5 Å². The van der Waals surface area contributed by atoms with Crippen molar-refractivity contribution in [2.24, 2.45) is 0 Å². The van der Waals surface area contributed by atoms with E-state index < -0.39 is 15.9 Å². The Balaban J connectivity index is 1.86. The molecule has 7 nitrogen and oxygen atoms in total.